The number of amides is 1. The van der Waals surface area contributed by atoms with Crippen LogP contribution in [0.2, 0.25) is 0 Å². The van der Waals surface area contributed by atoms with Gasteiger partial charge in [-0.3, -0.25) is 14.5 Å². The van der Waals surface area contributed by atoms with Gasteiger partial charge >= 0.3 is 0 Å². The normalized spacial score (nSPS) is 14.7. The first kappa shape index (κ1) is 21.0. The van der Waals surface area contributed by atoms with Crippen LogP contribution in [0.3, 0.4) is 0 Å². The number of nitrogens with zero attached hydrogens (tertiary/aromatic N) is 2. The summed E-state index contributed by atoms with van der Waals surface area (Å²) in [5.41, 5.74) is 2.02. The summed E-state index contributed by atoms with van der Waals surface area (Å²) in [6, 6.07) is 12.3. The number of hydrogen-bond donors (Lipinski definition) is 0. The summed E-state index contributed by atoms with van der Waals surface area (Å²) < 4.78 is 19.3. The Kier molecular flexibility index (Phi) is 6.99. The Morgan fingerprint density at radius 1 is 1.07 bits per heavy atom. The van der Waals surface area contributed by atoms with Crippen molar-refractivity contribution in [1.82, 2.24) is 9.80 Å². The minimum Gasteiger partial charge on any atom is -0.496 e. The number of methoxy groups -OCH3 is 1. The highest BCUT2D eigenvalue weighted by atomic mass is 19.1. The number of aryl methyl sites for hydroxylation is 2. The maximum Gasteiger partial charge on any atom is 0.222 e. The third kappa shape index (κ3) is 5.41. The molecule has 5 nitrogen and oxygen atoms in total. The molecule has 2 aromatic carbocycles. The zero-order valence-corrected chi connectivity index (χ0v) is 17.0. The summed E-state index contributed by atoms with van der Waals surface area (Å²) in [4.78, 5) is 28.8. The highest BCUT2D eigenvalue weighted by Gasteiger charge is 2.23. The first-order chi connectivity index (χ1) is 14.0. The molecule has 0 bridgehead atoms. The van der Waals surface area contributed by atoms with Crippen molar-refractivity contribution in [3.8, 4) is 5.75 Å². The van der Waals surface area contributed by atoms with E-state index in [0.29, 0.717) is 39.0 Å². The molecule has 1 saturated heterocycles. The second kappa shape index (κ2) is 9.65. The summed E-state index contributed by atoms with van der Waals surface area (Å²) in [5, 5.41) is 0. The molecule has 1 fully saturated rings. The molecule has 0 radical (unpaired) electrons. The quantitative estimate of drug-likeness (QED) is 0.673. The first-order valence-corrected chi connectivity index (χ1v) is 9.89. The minimum atomic E-state index is -0.481. The van der Waals surface area contributed by atoms with Gasteiger partial charge in [0.2, 0.25) is 5.91 Å². The molecular formula is C23H27FN2O3. The molecule has 0 N–H and O–H groups in total. The molecule has 0 atom stereocenters. The van der Waals surface area contributed by atoms with Gasteiger partial charge in [-0.1, -0.05) is 29.8 Å². The van der Waals surface area contributed by atoms with Crippen molar-refractivity contribution < 1.29 is 18.7 Å². The first-order valence-electron chi connectivity index (χ1n) is 9.89. The predicted molar refractivity (Wildman–Crippen MR) is 110 cm³/mol. The molecule has 29 heavy (non-hydrogen) atoms. The van der Waals surface area contributed by atoms with Crippen LogP contribution < -0.4 is 4.74 Å². The number of Topliss-reactive ketones (excluding diaryl/α,β-unsaturated/α-hetero) is 1. The Morgan fingerprint density at radius 2 is 1.79 bits per heavy atom. The Bertz CT molecular complexity index is 876. The second-order valence-electron chi connectivity index (χ2n) is 7.38. The van der Waals surface area contributed by atoms with E-state index in [9.17, 15) is 14.0 Å². The van der Waals surface area contributed by atoms with E-state index in [4.69, 9.17) is 4.74 Å². The van der Waals surface area contributed by atoms with E-state index in [1.807, 2.05) is 41.0 Å². The van der Waals surface area contributed by atoms with Crippen molar-refractivity contribution in [3.05, 3.63) is 65.0 Å². The van der Waals surface area contributed by atoms with Gasteiger partial charge in [0.05, 0.1) is 19.2 Å². The zero-order valence-electron chi connectivity index (χ0n) is 17.0. The molecule has 154 valence electrons. The average molecular weight is 398 g/mol. The standard InChI is InChI=1S/C23H27FN2O3/c1-17-7-9-20(24)19(15-17)21(27)16-25-11-13-26(14-12-25)23(28)10-8-18-5-3-4-6-22(18)29-2/h3-7,9,15H,8,10-14,16H2,1-2H3. The van der Waals surface area contributed by atoms with Gasteiger partial charge in [0, 0.05) is 32.6 Å². The summed E-state index contributed by atoms with van der Waals surface area (Å²) >= 11 is 0. The van der Waals surface area contributed by atoms with Crippen LogP contribution in [0.15, 0.2) is 42.5 Å². The van der Waals surface area contributed by atoms with Crippen molar-refractivity contribution >= 4 is 11.7 Å². The minimum absolute atomic E-state index is 0.103. The van der Waals surface area contributed by atoms with Crippen LogP contribution in [0.25, 0.3) is 0 Å². The molecule has 0 aromatic heterocycles. The molecule has 0 unspecified atom stereocenters. The lowest BCUT2D eigenvalue weighted by Gasteiger charge is -2.34. The lowest BCUT2D eigenvalue weighted by molar-refractivity contribution is -0.132. The van der Waals surface area contributed by atoms with E-state index in [1.165, 1.54) is 6.07 Å². The lowest BCUT2D eigenvalue weighted by Crippen LogP contribution is -2.50. The van der Waals surface area contributed by atoms with Crippen molar-refractivity contribution in [3.63, 3.8) is 0 Å². The molecule has 0 aliphatic carbocycles. The van der Waals surface area contributed by atoms with Crippen LogP contribution in [0, 0.1) is 12.7 Å². The number of piperazine rings is 1. The predicted octanol–water partition coefficient (Wildman–Crippen LogP) is 3.10. The number of para-hydroxylation sites is 1. The zero-order chi connectivity index (χ0) is 20.8. The van der Waals surface area contributed by atoms with Crippen LogP contribution in [0.5, 0.6) is 5.75 Å². The fraction of sp³-hybridized carbons (Fsp3) is 0.391. The van der Waals surface area contributed by atoms with Gasteiger partial charge in [-0.15, -0.1) is 0 Å². The molecule has 3 rings (SSSR count). The maximum atomic E-state index is 13.9. The SMILES string of the molecule is COc1ccccc1CCC(=O)N1CCN(CC(=O)c2cc(C)ccc2F)CC1. The molecule has 2 aromatic rings. The maximum absolute atomic E-state index is 13.9. The average Bonchev–Trinajstić information content (AvgIpc) is 2.74. The topological polar surface area (TPSA) is 49.9 Å². The number of benzene rings is 2. The summed E-state index contributed by atoms with van der Waals surface area (Å²) in [7, 11) is 1.63. The van der Waals surface area contributed by atoms with Crippen LogP contribution in [-0.2, 0) is 11.2 Å². The van der Waals surface area contributed by atoms with Gasteiger partial charge in [-0.05, 0) is 37.1 Å². The number of halogens is 1. The second-order valence-corrected chi connectivity index (χ2v) is 7.38. The number of carbonyl (C=O) groups excluding carboxylic acids is 2. The van der Waals surface area contributed by atoms with E-state index < -0.39 is 5.82 Å². The van der Waals surface area contributed by atoms with Crippen molar-refractivity contribution in [2.24, 2.45) is 0 Å². The Balaban J connectivity index is 1.48. The Morgan fingerprint density at radius 3 is 2.52 bits per heavy atom. The molecule has 1 heterocycles. The molecule has 6 heteroatoms. The fourth-order valence-corrected chi connectivity index (χ4v) is 3.61. The van der Waals surface area contributed by atoms with E-state index in [2.05, 4.69) is 0 Å². The lowest BCUT2D eigenvalue weighted by atomic mass is 10.1. The Labute approximate surface area is 171 Å². The van der Waals surface area contributed by atoms with E-state index >= 15 is 0 Å². The molecule has 1 aliphatic rings. The molecular weight excluding hydrogens is 371 g/mol. The van der Waals surface area contributed by atoms with Crippen molar-refractivity contribution in [2.45, 2.75) is 19.8 Å². The number of carbonyl (C=O) groups is 2. The van der Waals surface area contributed by atoms with E-state index in [0.717, 1.165) is 16.9 Å². The van der Waals surface area contributed by atoms with E-state index in [1.54, 1.807) is 19.2 Å². The van der Waals surface area contributed by atoms with Crippen LogP contribution in [0.4, 0.5) is 4.39 Å². The summed E-state index contributed by atoms with van der Waals surface area (Å²) in [5.74, 6) is 0.200. The molecule has 1 aliphatic heterocycles. The number of hydrogen-bond acceptors (Lipinski definition) is 4. The highest BCUT2D eigenvalue weighted by Crippen LogP contribution is 2.19. The van der Waals surface area contributed by atoms with Gasteiger partial charge in [-0.25, -0.2) is 4.39 Å². The largest absolute Gasteiger partial charge is 0.496 e. The Hall–Kier alpha value is -2.73. The third-order valence-corrected chi connectivity index (χ3v) is 5.32. The van der Waals surface area contributed by atoms with Gasteiger partial charge < -0.3 is 9.64 Å². The van der Waals surface area contributed by atoms with Gasteiger partial charge in [-0.2, -0.15) is 0 Å². The summed E-state index contributed by atoms with van der Waals surface area (Å²) in [6.45, 7) is 4.39. The molecule has 0 saturated carbocycles. The molecule has 0 spiro atoms. The number of ether oxygens (including phenoxy) is 1. The fourth-order valence-electron chi connectivity index (χ4n) is 3.61. The molecule has 1 amide bonds. The summed E-state index contributed by atoms with van der Waals surface area (Å²) in [6.07, 6.45) is 1.06. The van der Waals surface area contributed by atoms with Crippen molar-refractivity contribution in [2.75, 3.05) is 39.8 Å². The van der Waals surface area contributed by atoms with Crippen LogP contribution in [0.1, 0.15) is 27.9 Å². The van der Waals surface area contributed by atoms with Crippen LogP contribution in [-0.4, -0.2) is 61.3 Å². The smallest absolute Gasteiger partial charge is 0.222 e. The van der Waals surface area contributed by atoms with Crippen LogP contribution >= 0.6 is 0 Å². The van der Waals surface area contributed by atoms with E-state index in [-0.39, 0.29) is 23.8 Å². The number of ketones is 1. The van der Waals surface area contributed by atoms with Crippen molar-refractivity contribution in [1.29, 1.82) is 0 Å². The number of rotatable bonds is 7. The van der Waals surface area contributed by atoms with Gasteiger partial charge in [0.15, 0.2) is 5.78 Å². The third-order valence-electron chi connectivity index (χ3n) is 5.32. The van der Waals surface area contributed by atoms with Gasteiger partial charge in [0.25, 0.3) is 0 Å². The highest BCUT2D eigenvalue weighted by molar-refractivity contribution is 5.98. The monoisotopic (exact) mass is 398 g/mol. The van der Waals surface area contributed by atoms with Gasteiger partial charge in [0.1, 0.15) is 11.6 Å².